The van der Waals surface area contributed by atoms with Crippen LogP contribution in [0.15, 0.2) is 89.7 Å². The van der Waals surface area contributed by atoms with Crippen LogP contribution in [0.25, 0.3) is 22.3 Å². The van der Waals surface area contributed by atoms with Gasteiger partial charge in [0.1, 0.15) is 5.56 Å². The van der Waals surface area contributed by atoms with Crippen molar-refractivity contribution in [3.05, 3.63) is 112 Å². The quantitative estimate of drug-likeness (QED) is 0.411. The Morgan fingerprint density at radius 1 is 0.812 bits per heavy atom. The average molecular weight is 422 g/mol. The van der Waals surface area contributed by atoms with Gasteiger partial charge in [-0.1, -0.05) is 54.6 Å². The standard InChI is InChI=1S/C26H22N4O2/c31-25-22(24-23-20(15-16-27-24)19-13-7-8-14-21(19)28-23)26(32)30(18-11-5-2-6-12-18)29(25)17-9-3-1-4-10-17/h1-14,24,27-28,31H,15-16H2. The van der Waals surface area contributed by atoms with Gasteiger partial charge in [0.15, 0.2) is 0 Å². The van der Waals surface area contributed by atoms with E-state index in [1.54, 1.807) is 9.36 Å². The maximum Gasteiger partial charge on any atom is 0.280 e. The molecule has 6 heteroatoms. The lowest BCUT2D eigenvalue weighted by molar-refractivity contribution is 0.412. The van der Waals surface area contributed by atoms with Crippen LogP contribution in [0.3, 0.4) is 0 Å². The zero-order chi connectivity index (χ0) is 21.7. The lowest BCUT2D eigenvalue weighted by Gasteiger charge is -2.23. The molecule has 6 rings (SSSR count). The highest BCUT2D eigenvalue weighted by atomic mass is 16.3. The molecule has 3 N–H and O–H groups in total. The van der Waals surface area contributed by atoms with E-state index in [0.29, 0.717) is 16.9 Å². The summed E-state index contributed by atoms with van der Waals surface area (Å²) in [6.45, 7) is 0.722. The molecule has 0 saturated heterocycles. The van der Waals surface area contributed by atoms with E-state index in [1.807, 2.05) is 78.9 Å². The van der Waals surface area contributed by atoms with Crippen molar-refractivity contribution in [1.29, 1.82) is 0 Å². The van der Waals surface area contributed by atoms with E-state index < -0.39 is 6.04 Å². The van der Waals surface area contributed by atoms with E-state index in [4.69, 9.17) is 0 Å². The minimum absolute atomic E-state index is 0.0611. The summed E-state index contributed by atoms with van der Waals surface area (Å²) in [5, 5.41) is 16.1. The van der Waals surface area contributed by atoms with Crippen molar-refractivity contribution in [1.82, 2.24) is 19.7 Å². The van der Waals surface area contributed by atoms with Gasteiger partial charge in [-0.05, 0) is 42.3 Å². The summed E-state index contributed by atoms with van der Waals surface area (Å²) >= 11 is 0. The number of nitrogens with one attached hydrogen (secondary N) is 2. The van der Waals surface area contributed by atoms with Crippen molar-refractivity contribution < 1.29 is 5.11 Å². The third-order valence-electron chi connectivity index (χ3n) is 6.21. The Labute approximate surface area is 184 Å². The first kappa shape index (κ1) is 18.7. The molecule has 158 valence electrons. The third kappa shape index (κ3) is 2.73. The van der Waals surface area contributed by atoms with Crippen LogP contribution in [-0.4, -0.2) is 26.0 Å². The number of H-pyrrole nitrogens is 1. The molecule has 1 atom stereocenters. The predicted molar refractivity (Wildman–Crippen MR) is 125 cm³/mol. The van der Waals surface area contributed by atoms with Crippen LogP contribution < -0.4 is 10.9 Å². The van der Waals surface area contributed by atoms with E-state index in [1.165, 1.54) is 10.9 Å². The van der Waals surface area contributed by atoms with Crippen LogP contribution >= 0.6 is 0 Å². The molecule has 0 spiro atoms. The number of rotatable bonds is 3. The summed E-state index contributed by atoms with van der Waals surface area (Å²) in [7, 11) is 0. The molecule has 3 heterocycles. The molecule has 2 aromatic heterocycles. The summed E-state index contributed by atoms with van der Waals surface area (Å²) in [5.41, 5.74) is 4.67. The van der Waals surface area contributed by atoms with Gasteiger partial charge in [-0.2, -0.15) is 0 Å². The van der Waals surface area contributed by atoms with Crippen LogP contribution in [0.4, 0.5) is 0 Å². The Bertz CT molecular complexity index is 1480. The number of fused-ring (bicyclic) bond motifs is 3. The molecule has 0 fully saturated rings. The van der Waals surface area contributed by atoms with Crippen LogP contribution in [0, 0.1) is 0 Å². The molecule has 0 radical (unpaired) electrons. The average Bonchev–Trinajstić information content (AvgIpc) is 3.35. The van der Waals surface area contributed by atoms with Gasteiger partial charge in [-0.15, -0.1) is 0 Å². The highest BCUT2D eigenvalue weighted by molar-refractivity contribution is 5.85. The second kappa shape index (κ2) is 7.28. The molecule has 5 aromatic rings. The van der Waals surface area contributed by atoms with Gasteiger partial charge in [-0.25, -0.2) is 9.36 Å². The molecule has 6 nitrogen and oxygen atoms in total. The van der Waals surface area contributed by atoms with Crippen LogP contribution in [0.2, 0.25) is 0 Å². The summed E-state index contributed by atoms with van der Waals surface area (Å²) < 4.78 is 3.13. The number of hydrogen-bond acceptors (Lipinski definition) is 3. The minimum Gasteiger partial charge on any atom is -0.493 e. The molecular weight excluding hydrogens is 400 g/mol. The monoisotopic (exact) mass is 422 g/mol. The Hall–Kier alpha value is -4.03. The maximum absolute atomic E-state index is 13.8. The Morgan fingerprint density at radius 3 is 2.16 bits per heavy atom. The van der Waals surface area contributed by atoms with E-state index in [-0.39, 0.29) is 11.4 Å². The fourth-order valence-electron chi connectivity index (χ4n) is 4.80. The van der Waals surface area contributed by atoms with Gasteiger partial charge < -0.3 is 15.4 Å². The summed E-state index contributed by atoms with van der Waals surface area (Å²) in [4.78, 5) is 17.3. The van der Waals surface area contributed by atoms with Crippen molar-refractivity contribution in [3.8, 4) is 17.3 Å². The zero-order valence-electron chi connectivity index (χ0n) is 17.3. The molecule has 1 aliphatic rings. The molecule has 3 aromatic carbocycles. The second-order valence-corrected chi connectivity index (χ2v) is 8.04. The molecule has 0 aliphatic carbocycles. The third-order valence-corrected chi connectivity index (χ3v) is 6.21. The van der Waals surface area contributed by atoms with E-state index in [9.17, 15) is 9.90 Å². The van der Waals surface area contributed by atoms with Crippen molar-refractivity contribution in [2.75, 3.05) is 6.54 Å². The number of benzene rings is 3. The first-order valence-electron chi connectivity index (χ1n) is 10.7. The summed E-state index contributed by atoms with van der Waals surface area (Å²) in [6, 6.07) is 26.6. The highest BCUT2D eigenvalue weighted by Gasteiger charge is 2.33. The van der Waals surface area contributed by atoms with Gasteiger partial charge in [0, 0.05) is 23.1 Å². The van der Waals surface area contributed by atoms with Gasteiger partial charge in [0.05, 0.1) is 17.4 Å². The van der Waals surface area contributed by atoms with Crippen molar-refractivity contribution in [2.24, 2.45) is 0 Å². The molecular formula is C26H22N4O2. The summed E-state index contributed by atoms with van der Waals surface area (Å²) in [5.74, 6) is -0.0611. The lowest BCUT2D eigenvalue weighted by Crippen LogP contribution is -2.34. The van der Waals surface area contributed by atoms with Gasteiger partial charge >= 0.3 is 0 Å². The first-order valence-corrected chi connectivity index (χ1v) is 10.7. The van der Waals surface area contributed by atoms with Crippen molar-refractivity contribution >= 4 is 10.9 Å². The Balaban J connectivity index is 1.63. The number of hydrogen-bond donors (Lipinski definition) is 3. The largest absolute Gasteiger partial charge is 0.493 e. The summed E-state index contributed by atoms with van der Waals surface area (Å²) in [6.07, 6.45) is 0.864. The van der Waals surface area contributed by atoms with Gasteiger partial charge in [0.2, 0.25) is 5.88 Å². The second-order valence-electron chi connectivity index (χ2n) is 8.04. The molecule has 1 unspecified atom stereocenters. The fourth-order valence-corrected chi connectivity index (χ4v) is 4.80. The molecule has 32 heavy (non-hydrogen) atoms. The predicted octanol–water partition coefficient (Wildman–Crippen LogP) is 4.05. The highest BCUT2D eigenvalue weighted by Crippen LogP contribution is 2.36. The molecule has 0 saturated carbocycles. The van der Waals surface area contributed by atoms with Crippen LogP contribution in [-0.2, 0) is 6.42 Å². The molecule has 0 amide bonds. The number of aromatic amines is 1. The Morgan fingerprint density at radius 2 is 1.44 bits per heavy atom. The van der Waals surface area contributed by atoms with E-state index in [0.717, 1.165) is 24.2 Å². The van der Waals surface area contributed by atoms with E-state index >= 15 is 0 Å². The normalized spacial score (nSPS) is 15.7. The molecule has 1 aliphatic heterocycles. The van der Waals surface area contributed by atoms with Crippen LogP contribution in [0.5, 0.6) is 5.88 Å². The van der Waals surface area contributed by atoms with E-state index in [2.05, 4.69) is 16.4 Å². The van der Waals surface area contributed by atoms with Crippen LogP contribution in [0.1, 0.15) is 22.9 Å². The van der Waals surface area contributed by atoms with Gasteiger partial charge in [-0.3, -0.25) is 4.79 Å². The number of aromatic hydroxyl groups is 1. The SMILES string of the molecule is O=c1c(C2NCCc3c2[nH]c2ccccc32)c(O)n(-c2ccccc2)n1-c1ccccc1. The lowest BCUT2D eigenvalue weighted by atomic mass is 9.95. The zero-order valence-corrected chi connectivity index (χ0v) is 17.3. The van der Waals surface area contributed by atoms with Gasteiger partial charge in [0.25, 0.3) is 5.56 Å². The Kier molecular flexibility index (Phi) is 4.26. The maximum atomic E-state index is 13.8. The van der Waals surface area contributed by atoms with Crippen molar-refractivity contribution in [3.63, 3.8) is 0 Å². The number of aromatic nitrogens is 3. The topological polar surface area (TPSA) is 75.0 Å². The van der Waals surface area contributed by atoms with Crippen molar-refractivity contribution in [2.45, 2.75) is 12.5 Å². The minimum atomic E-state index is -0.432. The smallest absolute Gasteiger partial charge is 0.280 e. The number of nitrogens with zero attached hydrogens (tertiary/aromatic N) is 2. The number of para-hydroxylation sites is 3. The fraction of sp³-hybridized carbons (Fsp3) is 0.115. The first-order chi connectivity index (χ1) is 15.7. The molecule has 0 bridgehead atoms.